The molecule has 1 rings (SSSR count). The number of ether oxygens (including phenoxy) is 1. The highest BCUT2D eigenvalue weighted by molar-refractivity contribution is 5.86. The number of hydrogen-bond donors (Lipinski definition) is 4. The number of aliphatic carboxylic acids is 1. The van der Waals surface area contributed by atoms with Crippen molar-refractivity contribution < 1.29 is 19.4 Å². The van der Waals surface area contributed by atoms with Crippen LogP contribution in [0, 0.1) is 0 Å². The molecule has 0 bridgehead atoms. The van der Waals surface area contributed by atoms with Crippen LogP contribution >= 0.6 is 0 Å². The highest BCUT2D eigenvalue weighted by Gasteiger charge is 2.41. The standard InChI is InChI=1S/C12H23N3O4/c1-2-13-6-3-7-14-11(18)15-12(10(16)17)4-8-19-9-5-12/h13H,2-9H2,1H3,(H,16,17)(H2,14,15,18). The second kappa shape index (κ2) is 7.96. The van der Waals surface area contributed by atoms with Gasteiger partial charge in [-0.2, -0.15) is 0 Å². The Morgan fingerprint density at radius 3 is 2.53 bits per heavy atom. The Balaban J connectivity index is 2.33. The van der Waals surface area contributed by atoms with Crippen LogP contribution in [0.5, 0.6) is 0 Å². The molecule has 0 aromatic rings. The summed E-state index contributed by atoms with van der Waals surface area (Å²) in [5.74, 6) is -1.00. The summed E-state index contributed by atoms with van der Waals surface area (Å²) in [5.41, 5.74) is -1.19. The van der Waals surface area contributed by atoms with Crippen molar-refractivity contribution in [3.8, 4) is 0 Å². The number of urea groups is 1. The average molecular weight is 273 g/mol. The lowest BCUT2D eigenvalue weighted by atomic mass is 9.90. The maximum atomic E-state index is 11.7. The van der Waals surface area contributed by atoms with Gasteiger partial charge in [0.15, 0.2) is 0 Å². The van der Waals surface area contributed by atoms with E-state index in [1.165, 1.54) is 0 Å². The van der Waals surface area contributed by atoms with Gasteiger partial charge in [0.05, 0.1) is 0 Å². The van der Waals surface area contributed by atoms with Crippen LogP contribution in [0.4, 0.5) is 4.79 Å². The number of amides is 2. The molecule has 0 aliphatic carbocycles. The van der Waals surface area contributed by atoms with Crippen LogP contribution in [0.25, 0.3) is 0 Å². The summed E-state index contributed by atoms with van der Waals surface area (Å²) >= 11 is 0. The molecule has 0 unspecified atom stereocenters. The normalized spacial score (nSPS) is 17.7. The molecular weight excluding hydrogens is 250 g/mol. The first-order chi connectivity index (χ1) is 9.10. The van der Waals surface area contributed by atoms with Gasteiger partial charge in [-0.05, 0) is 19.5 Å². The third kappa shape index (κ3) is 5.04. The second-order valence-electron chi connectivity index (χ2n) is 4.59. The second-order valence-corrected chi connectivity index (χ2v) is 4.59. The Morgan fingerprint density at radius 1 is 1.26 bits per heavy atom. The summed E-state index contributed by atoms with van der Waals surface area (Å²) in [6, 6.07) is -0.430. The number of carboxylic acid groups (broad SMARTS) is 1. The lowest BCUT2D eigenvalue weighted by Gasteiger charge is -2.33. The summed E-state index contributed by atoms with van der Waals surface area (Å²) < 4.78 is 5.14. The fourth-order valence-electron chi connectivity index (χ4n) is 1.97. The number of carbonyl (C=O) groups excluding carboxylic acids is 1. The number of nitrogens with one attached hydrogen (secondary N) is 3. The Hall–Kier alpha value is -1.34. The first-order valence-corrected chi connectivity index (χ1v) is 6.68. The Labute approximate surface area is 113 Å². The summed E-state index contributed by atoms with van der Waals surface area (Å²) in [6.45, 7) is 4.97. The van der Waals surface area contributed by atoms with Crippen molar-refractivity contribution >= 4 is 12.0 Å². The van der Waals surface area contributed by atoms with Crippen molar-refractivity contribution in [3.63, 3.8) is 0 Å². The molecule has 0 radical (unpaired) electrons. The summed E-state index contributed by atoms with van der Waals surface area (Å²) in [7, 11) is 0. The van der Waals surface area contributed by atoms with Crippen molar-refractivity contribution in [2.24, 2.45) is 0 Å². The van der Waals surface area contributed by atoms with E-state index < -0.39 is 17.5 Å². The molecule has 110 valence electrons. The van der Waals surface area contributed by atoms with Crippen molar-refractivity contribution in [1.29, 1.82) is 0 Å². The third-order valence-corrected chi connectivity index (χ3v) is 3.17. The van der Waals surface area contributed by atoms with E-state index >= 15 is 0 Å². The van der Waals surface area contributed by atoms with Crippen molar-refractivity contribution in [2.45, 2.75) is 31.7 Å². The van der Waals surface area contributed by atoms with E-state index in [2.05, 4.69) is 16.0 Å². The zero-order valence-electron chi connectivity index (χ0n) is 11.3. The van der Waals surface area contributed by atoms with Gasteiger partial charge in [0, 0.05) is 32.6 Å². The maximum Gasteiger partial charge on any atom is 0.329 e. The molecule has 0 spiro atoms. The predicted molar refractivity (Wildman–Crippen MR) is 70.1 cm³/mol. The maximum absolute atomic E-state index is 11.7. The molecule has 4 N–H and O–H groups in total. The van der Waals surface area contributed by atoms with Gasteiger partial charge in [-0.15, -0.1) is 0 Å². The first-order valence-electron chi connectivity index (χ1n) is 6.68. The molecule has 2 amide bonds. The van der Waals surface area contributed by atoms with Gasteiger partial charge in [0.1, 0.15) is 5.54 Å². The zero-order chi connectivity index (χ0) is 14.1. The Bertz CT molecular complexity index is 303. The van der Waals surface area contributed by atoms with Crippen LogP contribution in [0.3, 0.4) is 0 Å². The molecule has 1 saturated heterocycles. The molecule has 1 heterocycles. The van der Waals surface area contributed by atoms with Crippen molar-refractivity contribution in [3.05, 3.63) is 0 Å². The van der Waals surface area contributed by atoms with Crippen molar-refractivity contribution in [2.75, 3.05) is 32.8 Å². The monoisotopic (exact) mass is 273 g/mol. The lowest BCUT2D eigenvalue weighted by molar-refractivity contribution is -0.148. The van der Waals surface area contributed by atoms with E-state index in [0.29, 0.717) is 32.6 Å². The lowest BCUT2D eigenvalue weighted by Crippen LogP contribution is -2.59. The van der Waals surface area contributed by atoms with Gasteiger partial charge >= 0.3 is 12.0 Å². The molecular formula is C12H23N3O4. The van der Waals surface area contributed by atoms with Gasteiger partial charge in [-0.1, -0.05) is 6.92 Å². The van der Waals surface area contributed by atoms with Crippen LogP contribution in [-0.2, 0) is 9.53 Å². The molecule has 1 aliphatic rings. The molecule has 7 nitrogen and oxygen atoms in total. The molecule has 1 fully saturated rings. The fraction of sp³-hybridized carbons (Fsp3) is 0.833. The minimum absolute atomic E-state index is 0.299. The van der Waals surface area contributed by atoms with Gasteiger partial charge in [0.2, 0.25) is 0 Å². The SMILES string of the molecule is CCNCCCNC(=O)NC1(C(=O)O)CCOCC1. The highest BCUT2D eigenvalue weighted by atomic mass is 16.5. The topological polar surface area (TPSA) is 99.7 Å². The molecule has 0 saturated carbocycles. The quantitative estimate of drug-likeness (QED) is 0.486. The molecule has 19 heavy (non-hydrogen) atoms. The fourth-order valence-corrected chi connectivity index (χ4v) is 1.97. The third-order valence-electron chi connectivity index (χ3n) is 3.17. The van der Waals surface area contributed by atoms with Gasteiger partial charge in [-0.25, -0.2) is 9.59 Å². The number of rotatable bonds is 7. The Morgan fingerprint density at radius 2 is 1.95 bits per heavy atom. The van der Waals surface area contributed by atoms with Crippen LogP contribution in [0.1, 0.15) is 26.2 Å². The summed E-state index contributed by atoms with van der Waals surface area (Å²) in [6.07, 6.45) is 1.41. The van der Waals surface area contributed by atoms with Crippen LogP contribution < -0.4 is 16.0 Å². The molecule has 0 aromatic heterocycles. The van der Waals surface area contributed by atoms with Crippen LogP contribution in [0.2, 0.25) is 0 Å². The molecule has 0 aromatic carbocycles. The van der Waals surface area contributed by atoms with E-state index in [1.54, 1.807) is 0 Å². The predicted octanol–water partition coefficient (Wildman–Crippen LogP) is -0.0810. The summed E-state index contributed by atoms with van der Waals surface area (Å²) in [4.78, 5) is 23.0. The van der Waals surface area contributed by atoms with Gasteiger partial charge in [0.25, 0.3) is 0 Å². The van der Waals surface area contributed by atoms with Crippen LogP contribution in [0.15, 0.2) is 0 Å². The molecule has 7 heteroatoms. The minimum Gasteiger partial charge on any atom is -0.480 e. The Kier molecular flexibility index (Phi) is 6.58. The first kappa shape index (κ1) is 15.7. The minimum atomic E-state index is -1.19. The number of carboxylic acids is 1. The van der Waals surface area contributed by atoms with E-state index in [9.17, 15) is 14.7 Å². The number of hydrogen-bond acceptors (Lipinski definition) is 4. The molecule has 1 aliphatic heterocycles. The van der Waals surface area contributed by atoms with E-state index in [0.717, 1.165) is 19.5 Å². The van der Waals surface area contributed by atoms with E-state index in [-0.39, 0.29) is 0 Å². The van der Waals surface area contributed by atoms with Gasteiger partial charge < -0.3 is 25.8 Å². The highest BCUT2D eigenvalue weighted by Crippen LogP contribution is 2.20. The average Bonchev–Trinajstić information content (AvgIpc) is 2.39. The largest absolute Gasteiger partial charge is 0.480 e. The smallest absolute Gasteiger partial charge is 0.329 e. The number of carbonyl (C=O) groups is 2. The summed E-state index contributed by atoms with van der Waals surface area (Å²) in [5, 5.41) is 17.7. The zero-order valence-corrected chi connectivity index (χ0v) is 11.3. The van der Waals surface area contributed by atoms with Gasteiger partial charge in [-0.3, -0.25) is 0 Å². The van der Waals surface area contributed by atoms with Crippen molar-refractivity contribution in [1.82, 2.24) is 16.0 Å². The van der Waals surface area contributed by atoms with Crippen LogP contribution in [-0.4, -0.2) is 55.5 Å². The van der Waals surface area contributed by atoms with E-state index in [4.69, 9.17) is 4.74 Å². The van der Waals surface area contributed by atoms with E-state index in [1.807, 2.05) is 6.92 Å². The molecule has 0 atom stereocenters.